The van der Waals surface area contributed by atoms with Crippen LogP contribution in [0.15, 0.2) is 48.6 Å². The predicted octanol–water partition coefficient (Wildman–Crippen LogP) is 4.45. The van der Waals surface area contributed by atoms with Crippen LogP contribution in [0.3, 0.4) is 0 Å². The standard InChI is InChI=1S/C44H76O14/c1-3-5-7-9-10-11-12-13-14-15-16-17-18-19-20-21-22-23-24-26-28-53-30-33(56-36(46)27-25-8-6-4-2)31-54-43-42(52)40(50)38(48)35(58-43)32-55-44-41(51)39(49)37(47)34(29-45)57-44/h5,7,10-11,13-14,16-17,33-35,37-45,47-52H,3-4,6,8-9,12,15,18-32H2,1-2H3/b7-5-,11-10-,14-13-,17-16-. The number of carbonyl (C=O) groups is 1. The van der Waals surface area contributed by atoms with Crippen LogP contribution in [0.4, 0.5) is 0 Å². The summed E-state index contributed by atoms with van der Waals surface area (Å²) < 4.78 is 33.9. The SMILES string of the molecule is CC/C=C\C/C=C\C/C=C\C/C=C\CCCCCCCCCOCC(COC1OC(COC2OC(CO)C(O)C(O)C2O)C(O)C(O)C1O)OC(=O)CCCCCC. The second-order valence-electron chi connectivity index (χ2n) is 15.1. The van der Waals surface area contributed by atoms with Crippen molar-refractivity contribution in [3.63, 3.8) is 0 Å². The van der Waals surface area contributed by atoms with Gasteiger partial charge in [-0.1, -0.05) is 114 Å². The molecular formula is C44H76O14. The smallest absolute Gasteiger partial charge is 0.306 e. The van der Waals surface area contributed by atoms with Gasteiger partial charge in [0.25, 0.3) is 0 Å². The molecule has 2 aliphatic rings. The normalized spacial score (nSPS) is 28.7. The minimum Gasteiger partial charge on any atom is -0.457 e. The maximum atomic E-state index is 12.7. The van der Waals surface area contributed by atoms with Gasteiger partial charge in [0.15, 0.2) is 12.6 Å². The van der Waals surface area contributed by atoms with Gasteiger partial charge in [0.05, 0.1) is 26.4 Å². The van der Waals surface area contributed by atoms with Crippen LogP contribution in [0, 0.1) is 0 Å². The molecule has 0 radical (unpaired) electrons. The van der Waals surface area contributed by atoms with Crippen LogP contribution in [-0.2, 0) is 33.2 Å². The Hall–Kier alpha value is -2.05. The Balaban J connectivity index is 1.71. The van der Waals surface area contributed by atoms with Crippen LogP contribution < -0.4 is 0 Å². The topological polar surface area (TPSA) is 214 Å². The quantitative estimate of drug-likeness (QED) is 0.0284. The molecule has 14 heteroatoms. The van der Waals surface area contributed by atoms with Crippen molar-refractivity contribution in [2.45, 2.75) is 191 Å². The molecule has 7 N–H and O–H groups in total. The van der Waals surface area contributed by atoms with Gasteiger partial charge in [-0.15, -0.1) is 0 Å². The first-order valence-electron chi connectivity index (χ1n) is 21.7. The van der Waals surface area contributed by atoms with E-state index >= 15 is 0 Å². The summed E-state index contributed by atoms with van der Waals surface area (Å²) in [6.07, 6.45) is 18.3. The van der Waals surface area contributed by atoms with Crippen LogP contribution >= 0.6 is 0 Å². The number of aliphatic hydroxyl groups excluding tert-OH is 7. The monoisotopic (exact) mass is 829 g/mol. The van der Waals surface area contributed by atoms with E-state index in [1.807, 2.05) is 0 Å². The number of unbranched alkanes of at least 4 members (excludes halogenated alkanes) is 10. The minimum absolute atomic E-state index is 0.0512. The number of hydrogen-bond acceptors (Lipinski definition) is 14. The summed E-state index contributed by atoms with van der Waals surface area (Å²) in [4.78, 5) is 12.7. The number of rotatable bonds is 32. The predicted molar refractivity (Wildman–Crippen MR) is 219 cm³/mol. The maximum absolute atomic E-state index is 12.7. The third-order valence-corrected chi connectivity index (χ3v) is 10.1. The average molecular weight is 829 g/mol. The molecule has 2 rings (SSSR count). The third kappa shape index (κ3) is 21.5. The van der Waals surface area contributed by atoms with Crippen molar-refractivity contribution in [3.05, 3.63) is 48.6 Å². The van der Waals surface area contributed by atoms with Crippen LogP contribution in [0.2, 0.25) is 0 Å². The molecule has 336 valence electrons. The van der Waals surface area contributed by atoms with Crippen molar-refractivity contribution in [1.29, 1.82) is 0 Å². The summed E-state index contributed by atoms with van der Waals surface area (Å²) in [7, 11) is 0. The molecule has 0 aromatic heterocycles. The molecule has 14 nitrogen and oxygen atoms in total. The molecule has 0 amide bonds. The molecular weight excluding hydrogens is 752 g/mol. The zero-order valence-electron chi connectivity index (χ0n) is 35.0. The number of esters is 1. The van der Waals surface area contributed by atoms with Crippen LogP contribution in [0.5, 0.6) is 0 Å². The number of ether oxygens (including phenoxy) is 6. The number of carbonyl (C=O) groups excluding carboxylic acids is 1. The number of aliphatic hydroxyl groups is 7. The van der Waals surface area contributed by atoms with Crippen molar-refractivity contribution in [3.8, 4) is 0 Å². The van der Waals surface area contributed by atoms with E-state index in [9.17, 15) is 40.5 Å². The Bertz CT molecular complexity index is 1150. The second-order valence-corrected chi connectivity index (χ2v) is 15.1. The van der Waals surface area contributed by atoms with Gasteiger partial charge in [0.2, 0.25) is 0 Å². The molecule has 0 bridgehead atoms. The van der Waals surface area contributed by atoms with Crippen LogP contribution in [0.25, 0.3) is 0 Å². The summed E-state index contributed by atoms with van der Waals surface area (Å²) in [6.45, 7) is 3.38. The molecule has 11 unspecified atom stereocenters. The molecule has 0 saturated carbocycles. The summed E-state index contributed by atoms with van der Waals surface area (Å²) in [5.74, 6) is -0.401. The third-order valence-electron chi connectivity index (χ3n) is 10.1. The molecule has 11 atom stereocenters. The summed E-state index contributed by atoms with van der Waals surface area (Å²) in [5, 5.41) is 71.5. The van der Waals surface area contributed by atoms with E-state index in [1.165, 1.54) is 25.7 Å². The summed E-state index contributed by atoms with van der Waals surface area (Å²) in [5.41, 5.74) is 0. The van der Waals surface area contributed by atoms with Gasteiger partial charge in [0, 0.05) is 13.0 Å². The molecule has 2 saturated heterocycles. The summed E-state index contributed by atoms with van der Waals surface area (Å²) >= 11 is 0. The lowest BCUT2D eigenvalue weighted by atomic mass is 9.98. The van der Waals surface area contributed by atoms with Crippen molar-refractivity contribution >= 4 is 5.97 Å². The molecule has 0 aromatic carbocycles. The zero-order chi connectivity index (χ0) is 42.4. The van der Waals surface area contributed by atoms with E-state index < -0.39 is 86.7 Å². The number of allylic oxidation sites excluding steroid dienone is 8. The van der Waals surface area contributed by atoms with Gasteiger partial charge >= 0.3 is 5.97 Å². The first-order valence-corrected chi connectivity index (χ1v) is 21.7. The lowest BCUT2D eigenvalue weighted by molar-refractivity contribution is -0.332. The fourth-order valence-electron chi connectivity index (χ4n) is 6.51. The highest BCUT2D eigenvalue weighted by Crippen LogP contribution is 2.26. The zero-order valence-corrected chi connectivity index (χ0v) is 35.0. The van der Waals surface area contributed by atoms with Gasteiger partial charge in [-0.05, 0) is 51.4 Å². The molecule has 2 fully saturated rings. The van der Waals surface area contributed by atoms with E-state index in [1.54, 1.807) is 0 Å². The Kier molecular flexibility index (Phi) is 29.4. The van der Waals surface area contributed by atoms with Crippen molar-refractivity contribution in [2.24, 2.45) is 0 Å². The lowest BCUT2D eigenvalue weighted by Gasteiger charge is -2.42. The van der Waals surface area contributed by atoms with Gasteiger partial charge in [-0.3, -0.25) is 4.79 Å². The molecule has 58 heavy (non-hydrogen) atoms. The first-order chi connectivity index (χ1) is 28.1. The summed E-state index contributed by atoms with van der Waals surface area (Å²) in [6, 6.07) is 0. The number of hydrogen-bond donors (Lipinski definition) is 7. The van der Waals surface area contributed by atoms with E-state index in [2.05, 4.69) is 62.5 Å². The van der Waals surface area contributed by atoms with E-state index in [4.69, 9.17) is 28.4 Å². The second kappa shape index (κ2) is 32.7. The Morgan fingerprint density at radius 3 is 1.74 bits per heavy atom. The Morgan fingerprint density at radius 2 is 1.12 bits per heavy atom. The molecule has 0 spiro atoms. The molecule has 2 heterocycles. The Morgan fingerprint density at radius 1 is 0.586 bits per heavy atom. The highest BCUT2D eigenvalue weighted by Gasteiger charge is 2.47. The largest absolute Gasteiger partial charge is 0.457 e. The Labute approximate surface area is 346 Å². The molecule has 0 aliphatic carbocycles. The maximum Gasteiger partial charge on any atom is 0.306 e. The average Bonchev–Trinajstić information content (AvgIpc) is 3.22. The van der Waals surface area contributed by atoms with Gasteiger partial charge in [-0.2, -0.15) is 0 Å². The van der Waals surface area contributed by atoms with Gasteiger partial charge in [-0.25, -0.2) is 0 Å². The first kappa shape index (κ1) is 52.1. The minimum atomic E-state index is -1.71. The molecule has 2 aliphatic heterocycles. The highest BCUT2D eigenvalue weighted by molar-refractivity contribution is 5.69. The van der Waals surface area contributed by atoms with Crippen molar-refractivity contribution in [2.75, 3.05) is 33.0 Å². The van der Waals surface area contributed by atoms with Gasteiger partial charge in [0.1, 0.15) is 54.9 Å². The highest BCUT2D eigenvalue weighted by atomic mass is 16.7. The molecule has 0 aromatic rings. The van der Waals surface area contributed by atoms with E-state index in [0.717, 1.165) is 70.6 Å². The van der Waals surface area contributed by atoms with Crippen molar-refractivity contribution < 1.29 is 69.0 Å². The van der Waals surface area contributed by atoms with Gasteiger partial charge < -0.3 is 64.2 Å². The van der Waals surface area contributed by atoms with Crippen LogP contribution in [0.1, 0.15) is 123 Å². The lowest BCUT2D eigenvalue weighted by Crippen LogP contribution is -2.61. The van der Waals surface area contributed by atoms with E-state index in [0.29, 0.717) is 13.0 Å². The fourth-order valence-corrected chi connectivity index (χ4v) is 6.51. The fraction of sp³-hybridized carbons (Fsp3) is 0.795. The van der Waals surface area contributed by atoms with E-state index in [-0.39, 0.29) is 19.6 Å². The van der Waals surface area contributed by atoms with Crippen LogP contribution in [-0.4, -0.2) is 142 Å². The van der Waals surface area contributed by atoms with Crippen molar-refractivity contribution in [1.82, 2.24) is 0 Å².